The minimum atomic E-state index is -4.06. The smallest absolute Gasteiger partial charge is 0.389 e. The van der Waals surface area contributed by atoms with Crippen molar-refractivity contribution in [2.24, 2.45) is 0 Å². The predicted molar refractivity (Wildman–Crippen MR) is 82.6 cm³/mol. The van der Waals surface area contributed by atoms with Crippen LogP contribution in [0.4, 0.5) is 13.2 Å². The van der Waals surface area contributed by atoms with Crippen LogP contribution in [0.3, 0.4) is 0 Å². The molecule has 1 aliphatic rings. The number of alkyl halides is 3. The normalized spacial score (nSPS) is 15.1. The molecule has 1 aromatic rings. The zero-order valence-corrected chi connectivity index (χ0v) is 13.6. The minimum Gasteiger partial charge on any atom is -0.475 e. The molecule has 0 saturated heterocycles. The maximum absolute atomic E-state index is 12.0. The molecular weight excluding hydrogens is 339 g/mol. The van der Waals surface area contributed by atoms with Gasteiger partial charge in [-0.3, -0.25) is 0 Å². The first-order valence-electron chi connectivity index (χ1n) is 6.98. The molecule has 4 nitrogen and oxygen atoms in total. The average molecular weight is 358 g/mol. The number of nitrogens with one attached hydrogen (secondary N) is 1. The van der Waals surface area contributed by atoms with Gasteiger partial charge in [0.25, 0.3) is 5.88 Å². The molecule has 2 rings (SSSR count). The van der Waals surface area contributed by atoms with Crippen molar-refractivity contribution in [1.29, 1.82) is 0 Å². The summed E-state index contributed by atoms with van der Waals surface area (Å²) in [4.78, 5) is 0. The van der Waals surface area contributed by atoms with Crippen LogP contribution < -0.4 is 10.1 Å². The van der Waals surface area contributed by atoms with E-state index in [0.717, 1.165) is 42.5 Å². The topological polar surface area (TPSA) is 47.0 Å². The second-order valence-corrected chi connectivity index (χ2v) is 5.42. The fourth-order valence-electron chi connectivity index (χ4n) is 2.07. The van der Waals surface area contributed by atoms with Crippen LogP contribution in [0.25, 0.3) is 5.57 Å². The van der Waals surface area contributed by atoms with Gasteiger partial charge in [0.2, 0.25) is 0 Å². The van der Waals surface area contributed by atoms with E-state index in [1.807, 2.05) is 0 Å². The van der Waals surface area contributed by atoms with Gasteiger partial charge < -0.3 is 10.1 Å². The molecule has 22 heavy (non-hydrogen) atoms. The SMILES string of the molecule is Cl.FC(F)(F)CCCCCOc1nsnc1C1=CCCNC1. The summed E-state index contributed by atoms with van der Waals surface area (Å²) in [5.74, 6) is 0.491. The maximum atomic E-state index is 12.0. The number of rotatable bonds is 7. The van der Waals surface area contributed by atoms with Crippen LogP contribution in [0.1, 0.15) is 37.8 Å². The Morgan fingerprint density at radius 3 is 2.73 bits per heavy atom. The summed E-state index contributed by atoms with van der Waals surface area (Å²) < 4.78 is 49.9. The van der Waals surface area contributed by atoms with Crippen molar-refractivity contribution >= 4 is 29.7 Å². The zero-order valence-electron chi connectivity index (χ0n) is 12.0. The molecular formula is C13H19ClF3N3OS. The number of hydrogen-bond acceptors (Lipinski definition) is 5. The quantitative estimate of drug-likeness (QED) is 0.753. The third-order valence-corrected chi connectivity index (χ3v) is 3.64. The average Bonchev–Trinajstić information content (AvgIpc) is 2.91. The van der Waals surface area contributed by atoms with Gasteiger partial charge in [-0.05, 0) is 37.8 Å². The lowest BCUT2D eigenvalue weighted by molar-refractivity contribution is -0.135. The molecule has 0 radical (unpaired) electrons. The minimum absolute atomic E-state index is 0. The van der Waals surface area contributed by atoms with Gasteiger partial charge in [0, 0.05) is 13.0 Å². The highest BCUT2D eigenvalue weighted by Gasteiger charge is 2.25. The van der Waals surface area contributed by atoms with Crippen molar-refractivity contribution in [2.75, 3.05) is 19.7 Å². The molecule has 0 aromatic carbocycles. The van der Waals surface area contributed by atoms with Crippen molar-refractivity contribution < 1.29 is 17.9 Å². The van der Waals surface area contributed by atoms with E-state index in [4.69, 9.17) is 4.74 Å². The van der Waals surface area contributed by atoms with Crippen molar-refractivity contribution in [3.63, 3.8) is 0 Å². The number of unbranched alkanes of at least 4 members (excludes halogenated alkanes) is 2. The van der Waals surface area contributed by atoms with E-state index in [2.05, 4.69) is 20.1 Å². The Morgan fingerprint density at radius 2 is 2.05 bits per heavy atom. The van der Waals surface area contributed by atoms with Crippen molar-refractivity contribution in [3.8, 4) is 5.88 Å². The summed E-state index contributed by atoms with van der Waals surface area (Å²) in [5, 5.41) is 3.25. The van der Waals surface area contributed by atoms with Crippen LogP contribution in [0.15, 0.2) is 6.08 Å². The Morgan fingerprint density at radius 1 is 1.23 bits per heavy atom. The summed E-state index contributed by atoms with van der Waals surface area (Å²) >= 11 is 1.09. The lowest BCUT2D eigenvalue weighted by atomic mass is 10.1. The predicted octanol–water partition coefficient (Wildman–Crippen LogP) is 3.84. The van der Waals surface area contributed by atoms with E-state index in [1.165, 1.54) is 0 Å². The number of hydrogen-bond donors (Lipinski definition) is 1. The Bertz CT molecular complexity index is 479. The molecule has 1 aliphatic heterocycles. The molecule has 0 spiro atoms. The molecule has 0 fully saturated rings. The summed E-state index contributed by atoms with van der Waals surface area (Å²) in [5.41, 5.74) is 1.82. The molecule has 0 unspecified atom stereocenters. The third-order valence-electron chi connectivity index (χ3n) is 3.13. The number of ether oxygens (including phenoxy) is 1. The lowest BCUT2D eigenvalue weighted by Crippen LogP contribution is -2.21. The standard InChI is InChI=1S/C13H18F3N3OS.ClH/c14-13(15,16)6-2-1-3-8-20-12-11(18-21-19-12)10-5-4-7-17-9-10;/h5,17H,1-4,6-9H2;1H. The highest BCUT2D eigenvalue weighted by atomic mass is 35.5. The molecule has 2 heterocycles. The van der Waals surface area contributed by atoms with E-state index in [9.17, 15) is 13.2 Å². The molecule has 0 amide bonds. The molecule has 0 atom stereocenters. The van der Waals surface area contributed by atoms with Crippen molar-refractivity contribution in [3.05, 3.63) is 11.8 Å². The van der Waals surface area contributed by atoms with Gasteiger partial charge in [0.05, 0.1) is 18.3 Å². The van der Waals surface area contributed by atoms with Crippen LogP contribution in [0.5, 0.6) is 5.88 Å². The lowest BCUT2D eigenvalue weighted by Gasteiger charge is -2.13. The Balaban J connectivity index is 0.00000242. The van der Waals surface area contributed by atoms with E-state index in [1.54, 1.807) is 0 Å². The largest absolute Gasteiger partial charge is 0.475 e. The summed E-state index contributed by atoms with van der Waals surface area (Å²) in [7, 11) is 0. The molecule has 0 aliphatic carbocycles. The summed E-state index contributed by atoms with van der Waals surface area (Å²) in [6.45, 7) is 2.07. The molecule has 126 valence electrons. The maximum Gasteiger partial charge on any atom is 0.389 e. The highest BCUT2D eigenvalue weighted by molar-refractivity contribution is 6.99. The van der Waals surface area contributed by atoms with Gasteiger partial charge in [-0.2, -0.15) is 17.5 Å². The Kier molecular flexibility index (Phi) is 8.13. The van der Waals surface area contributed by atoms with Crippen molar-refractivity contribution in [2.45, 2.75) is 38.3 Å². The Labute approximate surface area is 137 Å². The second kappa shape index (κ2) is 9.32. The second-order valence-electron chi connectivity index (χ2n) is 4.89. The van der Waals surface area contributed by atoms with Crippen LogP contribution in [0, 0.1) is 0 Å². The van der Waals surface area contributed by atoms with Crippen molar-refractivity contribution in [1.82, 2.24) is 14.1 Å². The van der Waals surface area contributed by atoms with E-state index in [-0.39, 0.29) is 18.8 Å². The first-order chi connectivity index (χ1) is 10.1. The third kappa shape index (κ3) is 6.50. The van der Waals surface area contributed by atoms with E-state index >= 15 is 0 Å². The van der Waals surface area contributed by atoms with E-state index in [0.29, 0.717) is 25.3 Å². The van der Waals surface area contributed by atoms with Crippen LogP contribution in [-0.4, -0.2) is 34.6 Å². The molecule has 0 saturated carbocycles. The number of aromatic nitrogens is 2. The first kappa shape index (κ1) is 19.2. The number of nitrogens with zero attached hydrogens (tertiary/aromatic N) is 2. The van der Waals surface area contributed by atoms with Crippen LogP contribution in [0.2, 0.25) is 0 Å². The molecule has 0 bridgehead atoms. The van der Waals surface area contributed by atoms with Gasteiger partial charge >= 0.3 is 6.18 Å². The van der Waals surface area contributed by atoms with Gasteiger partial charge in [-0.15, -0.1) is 16.8 Å². The van der Waals surface area contributed by atoms with Crippen LogP contribution >= 0.6 is 24.1 Å². The van der Waals surface area contributed by atoms with E-state index < -0.39 is 12.6 Å². The monoisotopic (exact) mass is 357 g/mol. The number of halogens is 4. The fraction of sp³-hybridized carbons (Fsp3) is 0.692. The van der Waals surface area contributed by atoms with Gasteiger partial charge in [0.1, 0.15) is 5.69 Å². The Hall–Kier alpha value is -0.860. The highest BCUT2D eigenvalue weighted by Crippen LogP contribution is 2.26. The van der Waals surface area contributed by atoms with Gasteiger partial charge in [-0.25, -0.2) is 0 Å². The summed E-state index contributed by atoms with van der Waals surface area (Å²) in [6.07, 6.45) is -0.499. The molecule has 9 heteroatoms. The fourth-order valence-corrected chi connectivity index (χ4v) is 2.60. The zero-order chi connectivity index (χ0) is 15.1. The molecule has 1 N–H and O–H groups in total. The molecule has 1 aromatic heterocycles. The summed E-state index contributed by atoms with van der Waals surface area (Å²) in [6, 6.07) is 0. The first-order valence-corrected chi connectivity index (χ1v) is 7.71. The van der Waals surface area contributed by atoms with Crippen LogP contribution in [-0.2, 0) is 0 Å². The van der Waals surface area contributed by atoms with Gasteiger partial charge in [-0.1, -0.05) is 6.08 Å². The van der Waals surface area contributed by atoms with Gasteiger partial charge in [0.15, 0.2) is 0 Å².